The van der Waals surface area contributed by atoms with Gasteiger partial charge < -0.3 is 4.55 Å². The van der Waals surface area contributed by atoms with E-state index in [2.05, 4.69) is 5.18 Å². The van der Waals surface area contributed by atoms with E-state index >= 15 is 0 Å². The summed E-state index contributed by atoms with van der Waals surface area (Å²) in [6, 6.07) is 4.21. The van der Waals surface area contributed by atoms with E-state index in [0.717, 1.165) is 0 Å². The topological polar surface area (TPSA) is 69.6 Å². The van der Waals surface area contributed by atoms with E-state index in [0.29, 0.717) is 5.56 Å². The number of nitroso groups, excluding NO2 is 1. The minimum Gasteiger partial charge on any atom is -0.768 e. The first-order valence-electron chi connectivity index (χ1n) is 3.18. The Morgan fingerprint density at radius 3 is 2.67 bits per heavy atom. The van der Waals surface area contributed by atoms with Crippen LogP contribution in [-0.2, 0) is 11.1 Å². The summed E-state index contributed by atoms with van der Waals surface area (Å²) in [6.07, 6.45) is 0. The number of rotatable bonds is 2. The van der Waals surface area contributed by atoms with Crippen LogP contribution in [0, 0.1) is 11.8 Å². The van der Waals surface area contributed by atoms with Crippen LogP contribution < -0.4 is 0 Å². The largest absolute Gasteiger partial charge is 0.768 e. The molecule has 5 heteroatoms. The second-order valence-corrected chi connectivity index (χ2v) is 3.22. The predicted molar refractivity (Wildman–Crippen MR) is 43.8 cm³/mol. The Morgan fingerprint density at radius 1 is 1.50 bits per heavy atom. The first-order chi connectivity index (χ1) is 5.65. The van der Waals surface area contributed by atoms with Crippen molar-refractivity contribution in [3.05, 3.63) is 28.7 Å². The summed E-state index contributed by atoms with van der Waals surface area (Å²) in [5.74, 6) is 0. The van der Waals surface area contributed by atoms with Crippen LogP contribution in [0.1, 0.15) is 5.56 Å². The van der Waals surface area contributed by atoms with Crippen LogP contribution in [-0.4, -0.2) is 8.76 Å². The molecule has 0 N–H and O–H groups in total. The van der Waals surface area contributed by atoms with E-state index in [4.69, 9.17) is 0 Å². The number of aryl methyl sites for hydroxylation is 1. The Kier molecular flexibility index (Phi) is 2.67. The lowest BCUT2D eigenvalue weighted by molar-refractivity contribution is 0.537. The first kappa shape index (κ1) is 9.02. The second-order valence-electron chi connectivity index (χ2n) is 2.27. The maximum absolute atomic E-state index is 10.4. The normalized spacial score (nSPS) is 12.5. The summed E-state index contributed by atoms with van der Waals surface area (Å²) in [7, 11) is 0. The van der Waals surface area contributed by atoms with Gasteiger partial charge in [0.1, 0.15) is 5.69 Å². The zero-order chi connectivity index (χ0) is 9.14. The number of hydrogen-bond donors (Lipinski definition) is 0. The number of benzene rings is 1. The summed E-state index contributed by atoms with van der Waals surface area (Å²) in [4.78, 5) is 10.2. The van der Waals surface area contributed by atoms with E-state index < -0.39 is 11.1 Å². The fourth-order valence-electron chi connectivity index (χ4n) is 0.791. The minimum atomic E-state index is -2.30. The number of nitrogens with zero attached hydrogens (tertiary/aromatic N) is 1. The average molecular weight is 184 g/mol. The molecule has 4 nitrogen and oxygen atoms in total. The van der Waals surface area contributed by atoms with Gasteiger partial charge >= 0.3 is 0 Å². The third kappa shape index (κ3) is 1.75. The van der Waals surface area contributed by atoms with Gasteiger partial charge in [0.15, 0.2) is 0 Å². The van der Waals surface area contributed by atoms with Crippen LogP contribution in [0.2, 0.25) is 0 Å². The van der Waals surface area contributed by atoms with Gasteiger partial charge in [-0.25, -0.2) is 0 Å². The van der Waals surface area contributed by atoms with Crippen LogP contribution in [0.15, 0.2) is 28.3 Å². The summed E-state index contributed by atoms with van der Waals surface area (Å²) in [6.45, 7) is 1.69. The van der Waals surface area contributed by atoms with Crippen molar-refractivity contribution in [2.24, 2.45) is 5.18 Å². The van der Waals surface area contributed by atoms with Gasteiger partial charge in [0.05, 0.1) is 0 Å². The molecule has 0 fully saturated rings. The van der Waals surface area contributed by atoms with E-state index in [9.17, 15) is 13.7 Å². The lowest BCUT2D eigenvalue weighted by Crippen LogP contribution is -1.88. The molecule has 0 aliphatic heterocycles. The maximum atomic E-state index is 10.4. The smallest absolute Gasteiger partial charge is 0.112 e. The molecule has 0 amide bonds. The molecule has 0 saturated heterocycles. The van der Waals surface area contributed by atoms with E-state index in [-0.39, 0.29) is 10.6 Å². The second kappa shape index (κ2) is 3.55. The highest BCUT2D eigenvalue weighted by atomic mass is 32.2. The third-order valence-corrected chi connectivity index (χ3v) is 2.11. The quantitative estimate of drug-likeness (QED) is 0.518. The van der Waals surface area contributed by atoms with Gasteiger partial charge in [-0.15, -0.1) is 4.91 Å². The van der Waals surface area contributed by atoms with Crippen LogP contribution in [0.25, 0.3) is 0 Å². The van der Waals surface area contributed by atoms with E-state index in [1.807, 2.05) is 0 Å². The van der Waals surface area contributed by atoms with Crippen molar-refractivity contribution in [3.8, 4) is 0 Å². The molecule has 1 atom stereocenters. The highest BCUT2D eigenvalue weighted by molar-refractivity contribution is 7.79. The van der Waals surface area contributed by atoms with Crippen molar-refractivity contribution in [1.29, 1.82) is 0 Å². The molecule has 0 bridgehead atoms. The minimum absolute atomic E-state index is 0.0789. The third-order valence-electron chi connectivity index (χ3n) is 1.47. The highest BCUT2D eigenvalue weighted by Crippen LogP contribution is 2.20. The molecule has 0 radical (unpaired) electrons. The van der Waals surface area contributed by atoms with Crippen molar-refractivity contribution >= 4 is 16.8 Å². The van der Waals surface area contributed by atoms with Gasteiger partial charge in [-0.2, -0.15) is 0 Å². The average Bonchev–Trinajstić information content (AvgIpc) is 2.05. The molecule has 1 rings (SSSR count). The van der Waals surface area contributed by atoms with Gasteiger partial charge in [-0.05, 0) is 40.9 Å². The molecule has 0 aliphatic rings. The summed E-state index contributed by atoms with van der Waals surface area (Å²) >= 11 is -2.30. The first-order valence-corrected chi connectivity index (χ1v) is 4.26. The zero-order valence-corrected chi connectivity index (χ0v) is 7.13. The molecule has 0 spiro atoms. The molecule has 1 aromatic rings. The monoisotopic (exact) mass is 184 g/mol. The van der Waals surface area contributed by atoms with Gasteiger partial charge in [0.25, 0.3) is 0 Å². The molecule has 0 saturated carbocycles. The van der Waals surface area contributed by atoms with Gasteiger partial charge in [-0.3, -0.25) is 4.21 Å². The molecular weight excluding hydrogens is 178 g/mol. The van der Waals surface area contributed by atoms with Crippen LogP contribution in [0.3, 0.4) is 0 Å². The fraction of sp³-hybridized carbons (Fsp3) is 0.143. The summed E-state index contributed by atoms with van der Waals surface area (Å²) in [5, 5.41) is 2.69. The molecular formula is C7H6NO3S-. The highest BCUT2D eigenvalue weighted by Gasteiger charge is 1.99. The van der Waals surface area contributed by atoms with Crippen molar-refractivity contribution in [2.75, 3.05) is 0 Å². The Hall–Kier alpha value is -1.07. The summed E-state index contributed by atoms with van der Waals surface area (Å²) in [5.41, 5.74) is 0.830. The van der Waals surface area contributed by atoms with Crippen molar-refractivity contribution in [1.82, 2.24) is 0 Å². The van der Waals surface area contributed by atoms with Crippen molar-refractivity contribution in [2.45, 2.75) is 11.8 Å². The van der Waals surface area contributed by atoms with E-state index in [1.54, 1.807) is 13.0 Å². The molecule has 0 aromatic heterocycles. The zero-order valence-electron chi connectivity index (χ0n) is 6.31. The van der Waals surface area contributed by atoms with Crippen LogP contribution >= 0.6 is 0 Å². The Morgan fingerprint density at radius 2 is 2.17 bits per heavy atom. The van der Waals surface area contributed by atoms with Crippen molar-refractivity contribution < 1.29 is 8.76 Å². The van der Waals surface area contributed by atoms with Crippen LogP contribution in [0.4, 0.5) is 5.69 Å². The molecule has 64 valence electrons. The number of hydrogen-bond acceptors (Lipinski definition) is 4. The van der Waals surface area contributed by atoms with Crippen molar-refractivity contribution in [3.63, 3.8) is 0 Å². The SMILES string of the molecule is Cc1ccc(S(=O)[O-])cc1N=O. The van der Waals surface area contributed by atoms with E-state index in [1.165, 1.54) is 12.1 Å². The van der Waals surface area contributed by atoms with Gasteiger partial charge in [0, 0.05) is 4.90 Å². The standard InChI is InChI=1S/C7H7NO3S/c1-5-2-3-6(12(10)11)4-7(5)8-9/h2-4H,1H3,(H,10,11)/p-1. The molecule has 12 heavy (non-hydrogen) atoms. The summed E-state index contributed by atoms with van der Waals surface area (Å²) < 4.78 is 20.9. The lowest BCUT2D eigenvalue weighted by Gasteiger charge is -2.05. The molecule has 0 heterocycles. The Labute approximate surface area is 71.9 Å². The van der Waals surface area contributed by atoms with Crippen LogP contribution in [0.5, 0.6) is 0 Å². The Bertz CT molecular complexity index is 337. The fourth-order valence-corrected chi connectivity index (χ4v) is 1.18. The predicted octanol–water partition coefficient (Wildman–Crippen LogP) is 1.63. The maximum Gasteiger partial charge on any atom is 0.112 e. The molecule has 1 unspecified atom stereocenters. The van der Waals surface area contributed by atoms with Gasteiger partial charge in [0.2, 0.25) is 0 Å². The Balaban J connectivity index is 3.22. The lowest BCUT2D eigenvalue weighted by atomic mass is 10.2. The molecule has 1 aromatic carbocycles. The van der Waals surface area contributed by atoms with Gasteiger partial charge in [-0.1, -0.05) is 6.07 Å². The molecule has 0 aliphatic carbocycles.